The van der Waals surface area contributed by atoms with E-state index in [1.807, 2.05) is 27.7 Å². The van der Waals surface area contributed by atoms with E-state index >= 15 is 0 Å². The maximum atomic E-state index is 13.4. The average molecular weight is 1040 g/mol. The predicted molar refractivity (Wildman–Crippen MR) is 257 cm³/mol. The first-order valence-electron chi connectivity index (χ1n) is 26.7. The third-order valence-corrected chi connectivity index (χ3v) is 18.9. The molecule has 20 heteroatoms. The van der Waals surface area contributed by atoms with Gasteiger partial charge in [-0.1, -0.05) is 31.6 Å². The first-order valence-corrected chi connectivity index (χ1v) is 26.7. The smallest absolute Gasteiger partial charge is 0.333 e. The minimum Gasteiger partial charge on any atom is -0.458 e. The van der Waals surface area contributed by atoms with Crippen molar-refractivity contribution in [1.82, 2.24) is 0 Å². The lowest BCUT2D eigenvalue weighted by Gasteiger charge is -2.63. The van der Waals surface area contributed by atoms with Crippen LogP contribution >= 0.6 is 0 Å². The number of hydrogen-bond acceptors (Lipinski definition) is 20. The lowest BCUT2D eigenvalue weighted by Crippen LogP contribution is -2.67. The number of fused-ring (bicyclic) bond motifs is 5. The van der Waals surface area contributed by atoms with Crippen molar-refractivity contribution in [3.05, 3.63) is 23.3 Å². The monoisotopic (exact) mass is 1040 g/mol. The summed E-state index contributed by atoms with van der Waals surface area (Å²) in [4.78, 5) is 13.4. The van der Waals surface area contributed by atoms with E-state index in [1.165, 1.54) is 12.7 Å². The van der Waals surface area contributed by atoms with Gasteiger partial charge in [0.2, 0.25) is 0 Å². The van der Waals surface area contributed by atoms with Gasteiger partial charge in [0.05, 0.1) is 54.9 Å². The molecule has 0 bridgehead atoms. The Morgan fingerprint density at radius 3 is 1.96 bits per heavy atom. The molecule has 4 heterocycles. The molecule has 0 radical (unpaired) electrons. The third-order valence-electron chi connectivity index (χ3n) is 18.9. The van der Waals surface area contributed by atoms with Gasteiger partial charge in [0, 0.05) is 45.2 Å². The highest BCUT2D eigenvalue weighted by molar-refractivity contribution is 5.87. The second-order valence-corrected chi connectivity index (χ2v) is 22.8. The highest BCUT2D eigenvalue weighted by Crippen LogP contribution is 2.69. The third kappa shape index (κ3) is 10.5. The van der Waals surface area contributed by atoms with Crippen molar-refractivity contribution in [2.45, 2.75) is 248 Å². The second kappa shape index (κ2) is 22.9. The van der Waals surface area contributed by atoms with E-state index in [-0.39, 0.29) is 41.7 Å². The van der Waals surface area contributed by atoms with Crippen LogP contribution in [0.3, 0.4) is 0 Å². The number of methoxy groups -OCH3 is 3. The zero-order valence-corrected chi connectivity index (χ0v) is 44.5. The normalized spacial score (nSPS) is 50.8. The van der Waals surface area contributed by atoms with E-state index in [0.717, 1.165) is 12.8 Å². The Bertz CT molecular complexity index is 1940. The number of hydrogen-bond donors (Lipinski definition) is 7. The fourth-order valence-corrected chi connectivity index (χ4v) is 14.5. The molecule has 4 aliphatic heterocycles. The standard InChI is InChI=1S/C53H86O20/c1-12-24(2)48(60)70-37-20-33-32(53(61)18-16-31(25(3)55)52(37,53)8)14-13-29-19-30(15-17-51(29,33)7)68-38-21-34(62-9)44(26(4)65-38)71-39-22-35(63-10)45(27(5)66-39)72-50-43(59)47(64-11)46(28(6)67-50)73-49-42(58)41(57)40(56)36(23-54)69-49/h12-13,25-28,30-47,49-50,54-59,61H,14-23H2,1-11H3/b24-12+/t25-,26+,27+,28+,30-,31+,32+,33-,34-,35-,36+,37+,38-,39-,40+,41-,42+,43+,44-,45-,46+,47-,49+,50-,51-,52-,53-/m0/s1. The van der Waals surface area contributed by atoms with Crippen molar-refractivity contribution in [3.8, 4) is 0 Å². The molecule has 418 valence electrons. The average Bonchev–Trinajstić information content (AvgIpc) is 3.65. The van der Waals surface area contributed by atoms with Crippen molar-refractivity contribution in [1.29, 1.82) is 0 Å². The Hall–Kier alpha value is -1.77. The van der Waals surface area contributed by atoms with Crippen LogP contribution in [0.1, 0.15) is 113 Å². The minimum atomic E-state index is -1.67. The molecule has 7 N–H and O–H groups in total. The molecule has 0 spiro atoms. The van der Waals surface area contributed by atoms with Crippen LogP contribution in [0.2, 0.25) is 0 Å². The van der Waals surface area contributed by atoms with E-state index in [9.17, 15) is 40.5 Å². The SMILES string of the molecule is C/C=C(\C)C(=O)O[C@@H]1C[C@H]2[C@@H](CC=C3C[C@@H](O[C@H]4C[C@H](OC)[C@@H](O[C@H]5C[C@H](OC)[C@@H](O[C@@H]6O[C@H](C)[C@@H](O[C@H]7O[C@H](CO)[C@@H](O)[C@H](O)[C@H]7O)[C@@H](OC)[C@H]6O)[C@@H](C)O5)[C@@H](C)O4)CC[C@@]32C)[C@@]2(O)CC[C@H]([C@H](C)O)[C@@]12C. The molecule has 0 unspecified atom stereocenters. The van der Waals surface area contributed by atoms with E-state index in [2.05, 4.69) is 13.0 Å². The first kappa shape index (κ1) is 57.4. The Balaban J connectivity index is 0.865. The minimum absolute atomic E-state index is 0.0426. The second-order valence-electron chi connectivity index (χ2n) is 22.8. The van der Waals surface area contributed by atoms with Gasteiger partial charge in [-0.25, -0.2) is 4.79 Å². The summed E-state index contributed by atoms with van der Waals surface area (Å²) >= 11 is 0. The van der Waals surface area contributed by atoms with E-state index < -0.39 is 140 Å². The Labute approximate surface area is 429 Å². The number of carbonyl (C=O) groups excluding carboxylic acids is 1. The Morgan fingerprint density at radius 1 is 0.753 bits per heavy atom. The summed E-state index contributed by atoms with van der Waals surface area (Å²) in [5.74, 6) is -0.562. The van der Waals surface area contributed by atoms with Crippen LogP contribution in [0.25, 0.3) is 0 Å². The maximum absolute atomic E-state index is 13.4. The van der Waals surface area contributed by atoms with Crippen LogP contribution in [0.15, 0.2) is 23.3 Å². The molecule has 8 rings (SSSR count). The largest absolute Gasteiger partial charge is 0.458 e. The summed E-state index contributed by atoms with van der Waals surface area (Å²) in [5.41, 5.74) is -0.339. The van der Waals surface area contributed by atoms with Crippen molar-refractivity contribution >= 4 is 5.97 Å². The number of aliphatic hydroxyl groups excluding tert-OH is 6. The maximum Gasteiger partial charge on any atom is 0.333 e. The summed E-state index contributed by atoms with van der Waals surface area (Å²) < 4.78 is 74.4. The number of aliphatic hydroxyl groups is 7. The quantitative estimate of drug-likeness (QED) is 0.0705. The Kier molecular flexibility index (Phi) is 18.0. The molecule has 20 nitrogen and oxygen atoms in total. The van der Waals surface area contributed by atoms with Crippen molar-refractivity contribution in [2.24, 2.45) is 28.6 Å². The fourth-order valence-electron chi connectivity index (χ4n) is 14.5. The predicted octanol–water partition coefficient (Wildman–Crippen LogP) is 2.31. The molecule has 7 fully saturated rings. The number of rotatable bonds is 15. The molecule has 73 heavy (non-hydrogen) atoms. The molecular weight excluding hydrogens is 957 g/mol. The Morgan fingerprint density at radius 2 is 1.36 bits per heavy atom. The topological polar surface area (TPSA) is 269 Å². The molecule has 0 aromatic rings. The van der Waals surface area contributed by atoms with Gasteiger partial charge in [-0.3, -0.25) is 0 Å². The number of ether oxygens (including phenoxy) is 12. The molecule has 3 saturated carbocycles. The zero-order chi connectivity index (χ0) is 53.1. The van der Waals surface area contributed by atoms with Crippen LogP contribution in [0.4, 0.5) is 0 Å². The van der Waals surface area contributed by atoms with Crippen molar-refractivity contribution in [2.75, 3.05) is 27.9 Å². The van der Waals surface area contributed by atoms with Gasteiger partial charge in [0.15, 0.2) is 25.2 Å². The van der Waals surface area contributed by atoms with Gasteiger partial charge >= 0.3 is 5.97 Å². The number of carbonyl (C=O) groups is 1. The van der Waals surface area contributed by atoms with Crippen LogP contribution in [0.5, 0.6) is 0 Å². The molecule has 0 amide bonds. The van der Waals surface area contributed by atoms with Crippen LogP contribution in [-0.2, 0) is 61.6 Å². The van der Waals surface area contributed by atoms with Gasteiger partial charge in [0.1, 0.15) is 61.0 Å². The summed E-state index contributed by atoms with van der Waals surface area (Å²) in [7, 11) is 4.57. The molecule has 27 atom stereocenters. The van der Waals surface area contributed by atoms with E-state index in [0.29, 0.717) is 44.1 Å². The lowest BCUT2D eigenvalue weighted by molar-refractivity contribution is -0.373. The van der Waals surface area contributed by atoms with Crippen LogP contribution in [-0.4, -0.2) is 204 Å². The lowest BCUT2D eigenvalue weighted by atomic mass is 9.44. The van der Waals surface area contributed by atoms with Gasteiger partial charge < -0.3 is 92.6 Å². The number of allylic oxidation sites excluding steroid dienone is 2. The van der Waals surface area contributed by atoms with Gasteiger partial charge in [0.25, 0.3) is 0 Å². The molecule has 4 saturated heterocycles. The van der Waals surface area contributed by atoms with Gasteiger partial charge in [-0.05, 0) is 110 Å². The van der Waals surface area contributed by atoms with Crippen LogP contribution < -0.4 is 0 Å². The zero-order valence-electron chi connectivity index (χ0n) is 44.5. The van der Waals surface area contributed by atoms with Crippen molar-refractivity contribution < 1.29 is 97.4 Å². The molecule has 0 aromatic carbocycles. The summed E-state index contributed by atoms with van der Waals surface area (Å²) in [6.45, 7) is 14.5. The molecule has 0 aromatic heterocycles. The van der Waals surface area contributed by atoms with E-state index in [4.69, 9.17) is 56.8 Å². The summed E-state index contributed by atoms with van der Waals surface area (Å²) in [6, 6.07) is 0. The molecule has 4 aliphatic carbocycles. The van der Waals surface area contributed by atoms with Gasteiger partial charge in [-0.15, -0.1) is 0 Å². The van der Waals surface area contributed by atoms with Crippen molar-refractivity contribution in [3.63, 3.8) is 0 Å². The molecule has 8 aliphatic rings. The molecular formula is C53H86O20. The van der Waals surface area contributed by atoms with Crippen LogP contribution in [0, 0.1) is 28.6 Å². The summed E-state index contributed by atoms with van der Waals surface area (Å²) in [5, 5.41) is 76.2. The first-order chi connectivity index (χ1) is 34.6. The van der Waals surface area contributed by atoms with E-state index in [1.54, 1.807) is 41.1 Å². The highest BCUT2D eigenvalue weighted by Gasteiger charge is 2.71. The summed E-state index contributed by atoms with van der Waals surface area (Å²) in [6.07, 6.45) is -9.40. The number of esters is 1. The fraction of sp³-hybridized carbons (Fsp3) is 0.906. The van der Waals surface area contributed by atoms with Gasteiger partial charge in [-0.2, -0.15) is 0 Å². The highest BCUT2D eigenvalue weighted by atomic mass is 16.8.